The Bertz CT molecular complexity index is 552. The van der Waals surface area contributed by atoms with Gasteiger partial charge in [0.25, 0.3) is 5.88 Å². The topological polar surface area (TPSA) is 73.1 Å². The van der Waals surface area contributed by atoms with E-state index in [-0.39, 0.29) is 0 Å². The fourth-order valence-corrected chi connectivity index (χ4v) is 2.16. The third-order valence-corrected chi connectivity index (χ3v) is 3.18. The van der Waals surface area contributed by atoms with Gasteiger partial charge >= 0.3 is 0 Å². The molecule has 1 fully saturated rings. The Morgan fingerprint density at radius 3 is 2.78 bits per heavy atom. The van der Waals surface area contributed by atoms with Crippen molar-refractivity contribution in [2.75, 3.05) is 25.4 Å². The SMILES string of the molecule is Nc1nc2ccccc2nc1OC[C@@H]1CCNC1. The maximum Gasteiger partial charge on any atom is 0.257 e. The highest BCUT2D eigenvalue weighted by Crippen LogP contribution is 2.21. The summed E-state index contributed by atoms with van der Waals surface area (Å²) in [5, 5.41) is 3.31. The van der Waals surface area contributed by atoms with Crippen molar-refractivity contribution in [3.63, 3.8) is 0 Å². The van der Waals surface area contributed by atoms with E-state index in [0.717, 1.165) is 30.5 Å². The molecular formula is C13H16N4O. The number of aromatic nitrogens is 2. The Morgan fingerprint density at radius 2 is 2.06 bits per heavy atom. The van der Waals surface area contributed by atoms with E-state index in [4.69, 9.17) is 10.5 Å². The number of fused-ring (bicyclic) bond motifs is 1. The zero-order valence-corrected chi connectivity index (χ0v) is 10.1. The summed E-state index contributed by atoms with van der Waals surface area (Å²) in [5.74, 6) is 1.35. The third kappa shape index (κ3) is 2.22. The second-order valence-corrected chi connectivity index (χ2v) is 4.57. The largest absolute Gasteiger partial charge is 0.475 e. The predicted octanol–water partition coefficient (Wildman–Crippen LogP) is 1.20. The van der Waals surface area contributed by atoms with Crippen molar-refractivity contribution in [1.82, 2.24) is 15.3 Å². The summed E-state index contributed by atoms with van der Waals surface area (Å²) in [6.07, 6.45) is 1.14. The van der Waals surface area contributed by atoms with Gasteiger partial charge in [0.1, 0.15) is 0 Å². The van der Waals surface area contributed by atoms with E-state index in [0.29, 0.717) is 24.2 Å². The molecule has 1 aromatic heterocycles. The van der Waals surface area contributed by atoms with Gasteiger partial charge in [-0.3, -0.25) is 0 Å². The highest BCUT2D eigenvalue weighted by atomic mass is 16.5. The minimum atomic E-state index is 0.361. The minimum absolute atomic E-state index is 0.361. The Kier molecular flexibility index (Phi) is 2.98. The highest BCUT2D eigenvalue weighted by Gasteiger charge is 2.16. The lowest BCUT2D eigenvalue weighted by atomic mass is 10.1. The van der Waals surface area contributed by atoms with Crippen molar-refractivity contribution in [1.29, 1.82) is 0 Å². The first-order valence-electron chi connectivity index (χ1n) is 6.19. The molecule has 1 aliphatic rings. The minimum Gasteiger partial charge on any atom is -0.475 e. The molecule has 0 radical (unpaired) electrons. The average molecular weight is 244 g/mol. The molecule has 1 atom stereocenters. The number of nitrogens with one attached hydrogen (secondary N) is 1. The average Bonchev–Trinajstić information content (AvgIpc) is 2.89. The van der Waals surface area contributed by atoms with Gasteiger partial charge in [0.2, 0.25) is 0 Å². The van der Waals surface area contributed by atoms with Crippen LogP contribution in [0.1, 0.15) is 6.42 Å². The zero-order valence-electron chi connectivity index (χ0n) is 10.1. The first-order chi connectivity index (χ1) is 8.83. The molecule has 1 aliphatic heterocycles. The Hall–Kier alpha value is -1.88. The molecule has 0 bridgehead atoms. The number of nitrogen functional groups attached to an aromatic ring is 1. The van der Waals surface area contributed by atoms with E-state index < -0.39 is 0 Å². The van der Waals surface area contributed by atoms with Crippen molar-refractivity contribution in [3.05, 3.63) is 24.3 Å². The van der Waals surface area contributed by atoms with Crippen LogP contribution in [0.5, 0.6) is 5.88 Å². The van der Waals surface area contributed by atoms with E-state index in [1.807, 2.05) is 24.3 Å². The number of nitrogens with zero attached hydrogens (tertiary/aromatic N) is 2. The molecule has 0 aliphatic carbocycles. The zero-order chi connectivity index (χ0) is 12.4. The van der Waals surface area contributed by atoms with Gasteiger partial charge < -0.3 is 15.8 Å². The quantitative estimate of drug-likeness (QED) is 0.848. The first kappa shape index (κ1) is 11.2. The van der Waals surface area contributed by atoms with Crippen LogP contribution in [0.25, 0.3) is 11.0 Å². The monoisotopic (exact) mass is 244 g/mol. The van der Waals surface area contributed by atoms with Gasteiger partial charge in [-0.2, -0.15) is 0 Å². The smallest absolute Gasteiger partial charge is 0.257 e. The lowest BCUT2D eigenvalue weighted by Gasteiger charge is -2.11. The molecule has 18 heavy (non-hydrogen) atoms. The molecule has 5 heteroatoms. The van der Waals surface area contributed by atoms with Gasteiger partial charge in [-0.1, -0.05) is 12.1 Å². The van der Waals surface area contributed by atoms with Crippen LogP contribution in [0.2, 0.25) is 0 Å². The second kappa shape index (κ2) is 4.78. The van der Waals surface area contributed by atoms with Crippen molar-refractivity contribution in [2.45, 2.75) is 6.42 Å². The molecule has 5 nitrogen and oxygen atoms in total. The van der Waals surface area contributed by atoms with Gasteiger partial charge in [-0.05, 0) is 25.1 Å². The summed E-state index contributed by atoms with van der Waals surface area (Å²) in [5.41, 5.74) is 7.46. The summed E-state index contributed by atoms with van der Waals surface area (Å²) in [6.45, 7) is 2.71. The van der Waals surface area contributed by atoms with Crippen LogP contribution in [-0.4, -0.2) is 29.7 Å². The summed E-state index contributed by atoms with van der Waals surface area (Å²) in [4.78, 5) is 8.70. The van der Waals surface area contributed by atoms with Gasteiger partial charge in [-0.25, -0.2) is 9.97 Å². The maximum atomic E-state index is 5.86. The fourth-order valence-electron chi connectivity index (χ4n) is 2.16. The van der Waals surface area contributed by atoms with Gasteiger partial charge in [-0.15, -0.1) is 0 Å². The van der Waals surface area contributed by atoms with E-state index >= 15 is 0 Å². The molecule has 1 aromatic carbocycles. The van der Waals surface area contributed by atoms with Crippen molar-refractivity contribution < 1.29 is 4.74 Å². The number of hydrogen-bond acceptors (Lipinski definition) is 5. The molecule has 1 saturated heterocycles. The van der Waals surface area contributed by atoms with E-state index in [1.165, 1.54) is 0 Å². The lowest BCUT2D eigenvalue weighted by molar-refractivity contribution is 0.252. The lowest BCUT2D eigenvalue weighted by Crippen LogP contribution is -2.16. The van der Waals surface area contributed by atoms with E-state index in [9.17, 15) is 0 Å². The molecule has 3 rings (SSSR count). The molecule has 0 unspecified atom stereocenters. The number of para-hydroxylation sites is 2. The summed E-state index contributed by atoms with van der Waals surface area (Å²) in [6, 6.07) is 7.65. The van der Waals surface area contributed by atoms with Crippen LogP contribution in [0.4, 0.5) is 5.82 Å². The van der Waals surface area contributed by atoms with Crippen LogP contribution >= 0.6 is 0 Å². The summed E-state index contributed by atoms with van der Waals surface area (Å²) in [7, 11) is 0. The molecule has 2 heterocycles. The van der Waals surface area contributed by atoms with Crippen LogP contribution in [0, 0.1) is 5.92 Å². The van der Waals surface area contributed by atoms with Crippen molar-refractivity contribution in [3.8, 4) is 5.88 Å². The Balaban J connectivity index is 1.80. The molecule has 3 N–H and O–H groups in total. The van der Waals surface area contributed by atoms with Gasteiger partial charge in [0, 0.05) is 12.5 Å². The summed E-state index contributed by atoms with van der Waals surface area (Å²) < 4.78 is 5.69. The third-order valence-electron chi connectivity index (χ3n) is 3.18. The number of ether oxygens (including phenoxy) is 1. The van der Waals surface area contributed by atoms with Crippen LogP contribution in [-0.2, 0) is 0 Å². The molecular weight excluding hydrogens is 228 g/mol. The van der Waals surface area contributed by atoms with E-state index in [2.05, 4.69) is 15.3 Å². The van der Waals surface area contributed by atoms with Crippen LogP contribution in [0.3, 0.4) is 0 Å². The van der Waals surface area contributed by atoms with Crippen molar-refractivity contribution >= 4 is 16.9 Å². The number of anilines is 1. The molecule has 2 aromatic rings. The maximum absolute atomic E-state index is 5.86. The van der Waals surface area contributed by atoms with Gasteiger partial charge in [0.15, 0.2) is 5.82 Å². The first-order valence-corrected chi connectivity index (χ1v) is 6.19. The molecule has 0 saturated carbocycles. The number of rotatable bonds is 3. The number of benzene rings is 1. The molecule has 0 spiro atoms. The summed E-state index contributed by atoms with van der Waals surface area (Å²) >= 11 is 0. The number of hydrogen-bond donors (Lipinski definition) is 2. The number of nitrogens with two attached hydrogens (primary N) is 1. The predicted molar refractivity (Wildman–Crippen MR) is 70.4 cm³/mol. The highest BCUT2D eigenvalue weighted by molar-refractivity contribution is 5.76. The normalized spacial score (nSPS) is 19.2. The Labute approximate surface area is 105 Å². The van der Waals surface area contributed by atoms with E-state index in [1.54, 1.807) is 0 Å². The second-order valence-electron chi connectivity index (χ2n) is 4.57. The molecule has 94 valence electrons. The Morgan fingerprint density at radius 1 is 1.28 bits per heavy atom. The van der Waals surface area contributed by atoms with Crippen molar-refractivity contribution in [2.24, 2.45) is 5.92 Å². The molecule has 0 amide bonds. The van der Waals surface area contributed by atoms with Crippen LogP contribution < -0.4 is 15.8 Å². The standard InChI is InChI=1S/C13H16N4O/c14-12-13(18-8-9-5-6-15-7-9)17-11-4-2-1-3-10(11)16-12/h1-4,9,15H,5-8H2,(H2,14,16)/t9-/m1/s1. The fraction of sp³-hybridized carbons (Fsp3) is 0.385. The van der Waals surface area contributed by atoms with Gasteiger partial charge in [0.05, 0.1) is 17.6 Å². The van der Waals surface area contributed by atoms with Crippen LogP contribution in [0.15, 0.2) is 24.3 Å².